The van der Waals surface area contributed by atoms with Crippen LogP contribution < -0.4 is 5.32 Å². The maximum atomic E-state index is 8.81. The van der Waals surface area contributed by atoms with Gasteiger partial charge in [0.05, 0.1) is 0 Å². The Hall–Kier alpha value is -0.0800. The van der Waals surface area contributed by atoms with E-state index in [-0.39, 0.29) is 0 Å². The highest BCUT2D eigenvalue weighted by Crippen LogP contribution is 2.34. The molecule has 0 amide bonds. The Morgan fingerprint density at radius 1 is 1.33 bits per heavy atom. The van der Waals surface area contributed by atoms with Gasteiger partial charge in [0, 0.05) is 12.6 Å². The summed E-state index contributed by atoms with van der Waals surface area (Å²) in [6.45, 7) is 8.33. The number of rotatable bonds is 5. The van der Waals surface area contributed by atoms with Crippen molar-refractivity contribution in [3.05, 3.63) is 0 Å². The van der Waals surface area contributed by atoms with Gasteiger partial charge in [-0.05, 0) is 50.0 Å². The zero-order valence-electron chi connectivity index (χ0n) is 10.6. The van der Waals surface area contributed by atoms with E-state index in [0.29, 0.717) is 17.9 Å². The van der Waals surface area contributed by atoms with E-state index in [1.807, 2.05) is 0 Å². The Bertz CT molecular complexity index is 169. The number of hydrogen-bond acceptors (Lipinski definition) is 2. The van der Waals surface area contributed by atoms with Crippen molar-refractivity contribution in [2.24, 2.45) is 11.3 Å². The van der Waals surface area contributed by atoms with Gasteiger partial charge in [0.2, 0.25) is 0 Å². The van der Waals surface area contributed by atoms with Crippen LogP contribution in [0, 0.1) is 11.3 Å². The molecule has 0 aromatic carbocycles. The smallest absolute Gasteiger partial charge is 0.0434 e. The molecule has 0 aliphatic heterocycles. The van der Waals surface area contributed by atoms with Crippen LogP contribution in [0.2, 0.25) is 0 Å². The fraction of sp³-hybridized carbons (Fsp3) is 1.00. The zero-order chi connectivity index (χ0) is 11.3. The van der Waals surface area contributed by atoms with Gasteiger partial charge in [-0.1, -0.05) is 20.8 Å². The Labute approximate surface area is 94.5 Å². The quantitative estimate of drug-likeness (QED) is 0.735. The number of nitrogens with one attached hydrogen (secondary N) is 1. The standard InChI is InChI=1S/C13H27NO/c1-11(6-9-15)10-14-12-4-7-13(2,3)8-5-12/h11-12,14-15H,4-10H2,1-3H3. The van der Waals surface area contributed by atoms with Crippen molar-refractivity contribution < 1.29 is 5.11 Å². The second-order valence-electron chi connectivity index (χ2n) is 5.96. The predicted molar refractivity (Wildman–Crippen MR) is 64.9 cm³/mol. The largest absolute Gasteiger partial charge is 0.396 e. The molecule has 15 heavy (non-hydrogen) atoms. The normalized spacial score (nSPS) is 24.0. The zero-order valence-corrected chi connectivity index (χ0v) is 10.6. The summed E-state index contributed by atoms with van der Waals surface area (Å²) in [6, 6.07) is 0.721. The summed E-state index contributed by atoms with van der Waals surface area (Å²) >= 11 is 0. The summed E-state index contributed by atoms with van der Waals surface area (Å²) in [6.07, 6.45) is 6.25. The van der Waals surface area contributed by atoms with Gasteiger partial charge in [-0.3, -0.25) is 0 Å². The summed E-state index contributed by atoms with van der Waals surface area (Å²) < 4.78 is 0. The molecule has 1 saturated carbocycles. The summed E-state index contributed by atoms with van der Waals surface area (Å²) in [4.78, 5) is 0. The van der Waals surface area contributed by atoms with E-state index in [2.05, 4.69) is 26.1 Å². The molecule has 0 heterocycles. The first-order valence-electron chi connectivity index (χ1n) is 6.38. The minimum Gasteiger partial charge on any atom is -0.396 e. The Morgan fingerprint density at radius 2 is 1.93 bits per heavy atom. The molecule has 1 atom stereocenters. The first-order chi connectivity index (χ1) is 7.03. The average molecular weight is 213 g/mol. The van der Waals surface area contributed by atoms with Crippen LogP contribution in [0.15, 0.2) is 0 Å². The third-order valence-corrected chi connectivity index (χ3v) is 3.72. The monoisotopic (exact) mass is 213 g/mol. The minimum atomic E-state index is 0.320. The maximum Gasteiger partial charge on any atom is 0.0434 e. The Balaban J connectivity index is 2.13. The Morgan fingerprint density at radius 3 is 2.47 bits per heavy atom. The van der Waals surface area contributed by atoms with E-state index in [1.54, 1.807) is 0 Å². The lowest BCUT2D eigenvalue weighted by Gasteiger charge is -2.35. The van der Waals surface area contributed by atoms with Crippen molar-refractivity contribution in [1.29, 1.82) is 0 Å². The van der Waals surface area contributed by atoms with Crippen molar-refractivity contribution in [1.82, 2.24) is 5.32 Å². The van der Waals surface area contributed by atoms with Crippen molar-refractivity contribution in [3.63, 3.8) is 0 Å². The highest BCUT2D eigenvalue weighted by molar-refractivity contribution is 4.82. The van der Waals surface area contributed by atoms with Gasteiger partial charge in [0.1, 0.15) is 0 Å². The minimum absolute atomic E-state index is 0.320. The molecule has 0 radical (unpaired) electrons. The second kappa shape index (κ2) is 5.86. The van der Waals surface area contributed by atoms with Gasteiger partial charge in [-0.25, -0.2) is 0 Å². The SMILES string of the molecule is CC(CCO)CNC1CCC(C)(C)CC1. The lowest BCUT2D eigenvalue weighted by atomic mass is 9.75. The molecule has 1 unspecified atom stereocenters. The fourth-order valence-electron chi connectivity index (χ4n) is 2.29. The predicted octanol–water partition coefficient (Wildman–Crippen LogP) is 2.56. The van der Waals surface area contributed by atoms with E-state index in [9.17, 15) is 0 Å². The molecule has 90 valence electrons. The first kappa shape index (κ1) is 13.0. The van der Waals surface area contributed by atoms with Crippen LogP contribution in [0.4, 0.5) is 0 Å². The summed E-state index contributed by atoms with van der Waals surface area (Å²) in [5.74, 6) is 0.602. The molecule has 1 rings (SSSR count). The van der Waals surface area contributed by atoms with Crippen LogP contribution in [-0.2, 0) is 0 Å². The molecule has 2 heteroatoms. The van der Waals surface area contributed by atoms with Gasteiger partial charge in [0.25, 0.3) is 0 Å². The fourth-order valence-corrected chi connectivity index (χ4v) is 2.29. The van der Waals surface area contributed by atoms with Crippen molar-refractivity contribution >= 4 is 0 Å². The van der Waals surface area contributed by atoms with E-state index in [1.165, 1.54) is 25.7 Å². The van der Waals surface area contributed by atoms with Crippen molar-refractivity contribution in [2.45, 2.75) is 58.9 Å². The molecular weight excluding hydrogens is 186 g/mol. The lowest BCUT2D eigenvalue weighted by molar-refractivity contribution is 0.199. The summed E-state index contributed by atoms with van der Waals surface area (Å²) in [7, 11) is 0. The molecule has 2 N–H and O–H groups in total. The molecule has 0 spiro atoms. The van der Waals surface area contributed by atoms with Crippen LogP contribution in [0.1, 0.15) is 52.9 Å². The first-order valence-corrected chi connectivity index (χ1v) is 6.38. The number of aliphatic hydroxyl groups excluding tert-OH is 1. The molecule has 1 aliphatic rings. The summed E-state index contributed by atoms with van der Waals surface area (Å²) in [5, 5.41) is 12.4. The molecular formula is C13H27NO. The van der Waals surface area contributed by atoms with Crippen LogP contribution in [-0.4, -0.2) is 24.3 Å². The molecule has 2 nitrogen and oxygen atoms in total. The van der Waals surface area contributed by atoms with E-state index in [4.69, 9.17) is 5.11 Å². The highest BCUT2D eigenvalue weighted by atomic mass is 16.3. The second-order valence-corrected chi connectivity index (χ2v) is 5.96. The van der Waals surface area contributed by atoms with Crippen LogP contribution in [0.25, 0.3) is 0 Å². The van der Waals surface area contributed by atoms with E-state index < -0.39 is 0 Å². The van der Waals surface area contributed by atoms with Gasteiger partial charge >= 0.3 is 0 Å². The van der Waals surface area contributed by atoms with Gasteiger partial charge in [0.15, 0.2) is 0 Å². The van der Waals surface area contributed by atoms with Crippen LogP contribution >= 0.6 is 0 Å². The Kier molecular flexibility index (Phi) is 5.07. The van der Waals surface area contributed by atoms with E-state index in [0.717, 1.165) is 19.0 Å². The van der Waals surface area contributed by atoms with Gasteiger partial charge in [-0.15, -0.1) is 0 Å². The molecule has 0 bridgehead atoms. The topological polar surface area (TPSA) is 32.3 Å². The molecule has 1 aliphatic carbocycles. The number of aliphatic hydroxyl groups is 1. The van der Waals surface area contributed by atoms with Crippen LogP contribution in [0.3, 0.4) is 0 Å². The van der Waals surface area contributed by atoms with Crippen molar-refractivity contribution in [3.8, 4) is 0 Å². The average Bonchev–Trinajstić information content (AvgIpc) is 2.17. The number of hydrogen-bond donors (Lipinski definition) is 2. The third kappa shape index (κ3) is 4.98. The van der Waals surface area contributed by atoms with Gasteiger partial charge < -0.3 is 10.4 Å². The molecule has 0 aromatic rings. The van der Waals surface area contributed by atoms with Crippen molar-refractivity contribution in [2.75, 3.05) is 13.2 Å². The van der Waals surface area contributed by atoms with Gasteiger partial charge in [-0.2, -0.15) is 0 Å². The molecule has 1 fully saturated rings. The highest BCUT2D eigenvalue weighted by Gasteiger charge is 2.26. The molecule has 0 saturated heterocycles. The lowest BCUT2D eigenvalue weighted by Crippen LogP contribution is -2.37. The summed E-state index contributed by atoms with van der Waals surface area (Å²) in [5.41, 5.74) is 0.564. The third-order valence-electron chi connectivity index (χ3n) is 3.72. The van der Waals surface area contributed by atoms with E-state index >= 15 is 0 Å². The molecule has 0 aromatic heterocycles. The van der Waals surface area contributed by atoms with Crippen LogP contribution in [0.5, 0.6) is 0 Å². The maximum absolute atomic E-state index is 8.81.